The van der Waals surface area contributed by atoms with Gasteiger partial charge in [0.2, 0.25) is 0 Å². The third-order valence-corrected chi connectivity index (χ3v) is 3.15. The van der Waals surface area contributed by atoms with Gasteiger partial charge in [-0.25, -0.2) is 0 Å². The molecule has 1 rings (SSSR count). The Hall–Kier alpha value is -1.56. The number of rotatable bonds is 6. The average Bonchev–Trinajstić information content (AvgIpc) is 2.40. The number of hydrogen-bond donors (Lipinski definition) is 1. The van der Waals surface area contributed by atoms with Crippen molar-refractivity contribution in [3.05, 3.63) is 28.2 Å². The number of halogens is 1. The molecule has 0 atom stereocenters. The molecule has 2 N–H and O–H groups in total. The first-order valence-corrected chi connectivity index (χ1v) is 7.28. The molecule has 0 aliphatic heterocycles. The first-order chi connectivity index (χ1) is 9.49. The van der Waals surface area contributed by atoms with Crippen LogP contribution in [0.3, 0.4) is 0 Å². The molecule has 0 spiro atoms. The fourth-order valence-corrected chi connectivity index (χ4v) is 2.13. The van der Waals surface area contributed by atoms with E-state index >= 15 is 0 Å². The largest absolute Gasteiger partial charge is 0.465 e. The van der Waals surface area contributed by atoms with E-state index in [0.717, 1.165) is 10.9 Å². The molecule has 110 valence electrons. The number of ether oxygens (including phenoxy) is 1. The number of amides is 1. The Morgan fingerprint density at radius 2 is 2.05 bits per heavy atom. The zero-order valence-electron chi connectivity index (χ0n) is 11.7. The van der Waals surface area contributed by atoms with Crippen LogP contribution in [0, 0.1) is 0 Å². The number of carbonyl (C=O) groups is 2. The minimum atomic E-state index is -0.414. The van der Waals surface area contributed by atoms with Crippen LogP contribution in [0.1, 0.15) is 30.6 Å². The molecular formula is C14H19BrN2O3. The van der Waals surface area contributed by atoms with Gasteiger partial charge in [0, 0.05) is 16.7 Å². The Labute approximate surface area is 127 Å². The van der Waals surface area contributed by atoms with Crippen molar-refractivity contribution in [3.8, 4) is 0 Å². The van der Waals surface area contributed by atoms with E-state index in [4.69, 9.17) is 10.5 Å². The number of anilines is 1. The van der Waals surface area contributed by atoms with E-state index in [1.165, 1.54) is 4.90 Å². The highest BCUT2D eigenvalue weighted by Crippen LogP contribution is 2.20. The first kappa shape index (κ1) is 16.5. The van der Waals surface area contributed by atoms with Crippen molar-refractivity contribution < 1.29 is 14.3 Å². The van der Waals surface area contributed by atoms with Crippen LogP contribution in [0.5, 0.6) is 0 Å². The van der Waals surface area contributed by atoms with Gasteiger partial charge in [-0.05, 0) is 31.5 Å². The van der Waals surface area contributed by atoms with Crippen molar-refractivity contribution in [2.75, 3.05) is 25.4 Å². The monoisotopic (exact) mass is 342 g/mol. The third-order valence-electron chi connectivity index (χ3n) is 2.65. The van der Waals surface area contributed by atoms with Gasteiger partial charge in [-0.1, -0.05) is 22.9 Å². The Morgan fingerprint density at radius 3 is 2.65 bits per heavy atom. The Bertz CT molecular complexity index is 491. The summed E-state index contributed by atoms with van der Waals surface area (Å²) in [5.41, 5.74) is 6.61. The summed E-state index contributed by atoms with van der Waals surface area (Å²) in [5, 5.41) is 0. The zero-order chi connectivity index (χ0) is 15.1. The van der Waals surface area contributed by atoms with E-state index in [2.05, 4.69) is 15.9 Å². The highest BCUT2D eigenvalue weighted by atomic mass is 79.9. The van der Waals surface area contributed by atoms with Crippen LogP contribution in [0.4, 0.5) is 5.69 Å². The smallest absolute Gasteiger partial charge is 0.325 e. The average molecular weight is 343 g/mol. The number of esters is 1. The van der Waals surface area contributed by atoms with Crippen molar-refractivity contribution in [1.82, 2.24) is 4.90 Å². The second kappa shape index (κ2) is 7.89. The highest BCUT2D eigenvalue weighted by molar-refractivity contribution is 9.10. The molecule has 20 heavy (non-hydrogen) atoms. The second-order valence-electron chi connectivity index (χ2n) is 4.26. The lowest BCUT2D eigenvalue weighted by molar-refractivity contribution is -0.143. The molecule has 0 radical (unpaired) electrons. The van der Waals surface area contributed by atoms with E-state index in [1.54, 1.807) is 25.1 Å². The van der Waals surface area contributed by atoms with Gasteiger partial charge in [0.15, 0.2) is 0 Å². The quantitative estimate of drug-likeness (QED) is 0.636. The number of nitrogens with zero attached hydrogens (tertiary/aromatic N) is 1. The van der Waals surface area contributed by atoms with Crippen molar-refractivity contribution in [2.24, 2.45) is 0 Å². The van der Waals surface area contributed by atoms with E-state index in [0.29, 0.717) is 24.4 Å². The van der Waals surface area contributed by atoms with Gasteiger partial charge in [-0.3, -0.25) is 9.59 Å². The lowest BCUT2D eigenvalue weighted by atomic mass is 10.1. The summed E-state index contributed by atoms with van der Waals surface area (Å²) in [6.07, 6.45) is 0.749. The minimum Gasteiger partial charge on any atom is -0.465 e. The zero-order valence-corrected chi connectivity index (χ0v) is 13.3. The van der Waals surface area contributed by atoms with Gasteiger partial charge in [-0.2, -0.15) is 0 Å². The number of benzene rings is 1. The molecule has 0 fully saturated rings. The summed E-state index contributed by atoms with van der Waals surface area (Å²) in [6, 6.07) is 5.08. The van der Waals surface area contributed by atoms with Gasteiger partial charge >= 0.3 is 5.97 Å². The molecule has 0 aliphatic rings. The minimum absolute atomic E-state index is 0.0630. The molecule has 1 aromatic rings. The summed E-state index contributed by atoms with van der Waals surface area (Å²) in [4.78, 5) is 25.5. The highest BCUT2D eigenvalue weighted by Gasteiger charge is 2.20. The molecule has 0 aliphatic carbocycles. The normalized spacial score (nSPS) is 10.2. The molecule has 6 heteroatoms. The van der Waals surface area contributed by atoms with E-state index < -0.39 is 5.97 Å². The molecule has 5 nitrogen and oxygen atoms in total. The number of nitrogens with two attached hydrogens (primary N) is 1. The lowest BCUT2D eigenvalue weighted by Crippen LogP contribution is -2.37. The lowest BCUT2D eigenvalue weighted by Gasteiger charge is -2.22. The number of hydrogen-bond acceptors (Lipinski definition) is 4. The van der Waals surface area contributed by atoms with E-state index in [1.807, 2.05) is 6.92 Å². The van der Waals surface area contributed by atoms with Crippen molar-refractivity contribution in [3.63, 3.8) is 0 Å². The number of nitrogen functional groups attached to an aromatic ring is 1. The summed E-state index contributed by atoms with van der Waals surface area (Å²) < 4.78 is 5.65. The SMILES string of the molecule is CCCN(CC(=O)OCC)C(=O)c1cc(Br)ccc1N. The predicted molar refractivity (Wildman–Crippen MR) is 81.4 cm³/mol. The van der Waals surface area contributed by atoms with Gasteiger partial charge in [0.05, 0.1) is 12.2 Å². The van der Waals surface area contributed by atoms with Crippen LogP contribution in [0.2, 0.25) is 0 Å². The maximum absolute atomic E-state index is 12.5. The Kier molecular flexibility index (Phi) is 6.51. The maximum atomic E-state index is 12.5. The van der Waals surface area contributed by atoms with Crippen LogP contribution in [-0.4, -0.2) is 36.5 Å². The van der Waals surface area contributed by atoms with Crippen LogP contribution in [0.15, 0.2) is 22.7 Å². The Morgan fingerprint density at radius 1 is 1.35 bits per heavy atom. The van der Waals surface area contributed by atoms with Crippen LogP contribution >= 0.6 is 15.9 Å². The molecule has 0 aromatic heterocycles. The van der Waals surface area contributed by atoms with Crippen LogP contribution in [-0.2, 0) is 9.53 Å². The standard InChI is InChI=1S/C14H19BrN2O3/c1-3-7-17(9-13(18)20-4-2)14(19)11-8-10(15)5-6-12(11)16/h5-6,8H,3-4,7,9,16H2,1-2H3. The molecule has 0 heterocycles. The summed E-state index contributed by atoms with van der Waals surface area (Å²) >= 11 is 3.31. The van der Waals surface area contributed by atoms with Gasteiger partial charge in [-0.15, -0.1) is 0 Å². The topological polar surface area (TPSA) is 72.6 Å². The van der Waals surface area contributed by atoms with Crippen molar-refractivity contribution in [2.45, 2.75) is 20.3 Å². The van der Waals surface area contributed by atoms with E-state index in [9.17, 15) is 9.59 Å². The van der Waals surface area contributed by atoms with Crippen LogP contribution < -0.4 is 5.73 Å². The summed E-state index contributed by atoms with van der Waals surface area (Å²) in [7, 11) is 0. The van der Waals surface area contributed by atoms with Crippen LogP contribution in [0.25, 0.3) is 0 Å². The third kappa shape index (κ3) is 4.52. The fraction of sp³-hybridized carbons (Fsp3) is 0.429. The Balaban J connectivity index is 2.93. The molecule has 1 amide bonds. The van der Waals surface area contributed by atoms with Crippen molar-refractivity contribution >= 4 is 33.5 Å². The first-order valence-electron chi connectivity index (χ1n) is 6.49. The van der Waals surface area contributed by atoms with Crippen molar-refractivity contribution in [1.29, 1.82) is 0 Å². The fourth-order valence-electron chi connectivity index (χ4n) is 1.77. The molecule has 0 bridgehead atoms. The van der Waals surface area contributed by atoms with E-state index in [-0.39, 0.29) is 12.5 Å². The second-order valence-corrected chi connectivity index (χ2v) is 5.18. The molecular weight excluding hydrogens is 324 g/mol. The van der Waals surface area contributed by atoms with Gasteiger partial charge in [0.1, 0.15) is 6.54 Å². The molecule has 0 unspecified atom stereocenters. The van der Waals surface area contributed by atoms with Gasteiger partial charge in [0.25, 0.3) is 5.91 Å². The molecule has 0 saturated carbocycles. The number of carbonyl (C=O) groups excluding carboxylic acids is 2. The molecule has 1 aromatic carbocycles. The predicted octanol–water partition coefficient (Wildman–Crippen LogP) is 2.45. The summed E-state index contributed by atoms with van der Waals surface area (Å²) in [5.74, 6) is -0.679. The maximum Gasteiger partial charge on any atom is 0.325 e. The van der Waals surface area contributed by atoms with Gasteiger partial charge < -0.3 is 15.4 Å². The summed E-state index contributed by atoms with van der Waals surface area (Å²) in [6.45, 7) is 4.38. The molecule has 0 saturated heterocycles.